The van der Waals surface area contributed by atoms with Crippen LogP contribution in [0.25, 0.3) is 0 Å². The first-order valence-electron chi connectivity index (χ1n) is 8.52. The third-order valence-electron chi connectivity index (χ3n) is 4.05. The van der Waals surface area contributed by atoms with E-state index >= 15 is 0 Å². The van der Waals surface area contributed by atoms with Crippen molar-refractivity contribution in [2.75, 3.05) is 25.9 Å². The van der Waals surface area contributed by atoms with Crippen LogP contribution in [0.4, 0.5) is 10.5 Å². The second kappa shape index (κ2) is 8.16. The van der Waals surface area contributed by atoms with E-state index in [0.717, 1.165) is 0 Å². The highest BCUT2D eigenvalue weighted by Crippen LogP contribution is 2.30. The van der Waals surface area contributed by atoms with Crippen LogP contribution in [0.15, 0.2) is 16.6 Å². The summed E-state index contributed by atoms with van der Waals surface area (Å²) in [6.07, 6.45) is 1.01. The largest absolute Gasteiger partial charge is 0.496 e. The SMILES string of the molecule is COc1cc(C(=O)NC2CCN(C(=O)OC(C)(C)C)CC2)c(N)cc1Br. The van der Waals surface area contributed by atoms with Crippen LogP contribution in [0, 0.1) is 0 Å². The molecule has 1 aliphatic rings. The standard InChI is InChI=1S/C18H26BrN3O4/c1-18(2,3)26-17(24)22-7-5-11(6-8-22)21-16(23)12-9-15(25-4)13(19)10-14(12)20/h9-11H,5-8,20H2,1-4H3,(H,21,23). The lowest BCUT2D eigenvalue weighted by Gasteiger charge is -2.33. The average Bonchev–Trinajstić information content (AvgIpc) is 2.54. The van der Waals surface area contributed by atoms with E-state index in [0.29, 0.717) is 47.4 Å². The van der Waals surface area contributed by atoms with Crippen molar-refractivity contribution in [2.45, 2.75) is 45.3 Å². The fourth-order valence-corrected chi connectivity index (χ4v) is 3.24. The van der Waals surface area contributed by atoms with Gasteiger partial charge in [0.15, 0.2) is 0 Å². The van der Waals surface area contributed by atoms with Gasteiger partial charge in [0.1, 0.15) is 11.4 Å². The van der Waals surface area contributed by atoms with Gasteiger partial charge in [0.2, 0.25) is 0 Å². The number of ether oxygens (including phenoxy) is 2. The summed E-state index contributed by atoms with van der Waals surface area (Å²) in [7, 11) is 1.53. The first kappa shape index (κ1) is 20.4. The second-order valence-electron chi connectivity index (χ2n) is 7.29. The van der Waals surface area contributed by atoms with Crippen molar-refractivity contribution in [1.82, 2.24) is 10.2 Å². The van der Waals surface area contributed by atoms with Gasteiger partial charge in [0.05, 0.1) is 17.1 Å². The fraction of sp³-hybridized carbons (Fsp3) is 0.556. The Hall–Kier alpha value is -1.96. The summed E-state index contributed by atoms with van der Waals surface area (Å²) in [6, 6.07) is 3.25. The number of likely N-dealkylation sites (tertiary alicyclic amines) is 1. The van der Waals surface area contributed by atoms with E-state index in [1.807, 2.05) is 20.8 Å². The highest BCUT2D eigenvalue weighted by Gasteiger charge is 2.28. The number of benzene rings is 1. The van der Waals surface area contributed by atoms with Gasteiger partial charge in [0, 0.05) is 24.8 Å². The summed E-state index contributed by atoms with van der Waals surface area (Å²) >= 11 is 3.34. The number of halogens is 1. The Balaban J connectivity index is 1.93. The zero-order valence-corrected chi connectivity index (χ0v) is 17.2. The van der Waals surface area contributed by atoms with Crippen molar-refractivity contribution in [2.24, 2.45) is 0 Å². The van der Waals surface area contributed by atoms with Crippen LogP contribution in [0.3, 0.4) is 0 Å². The van der Waals surface area contributed by atoms with Crippen LogP contribution in [0.1, 0.15) is 44.0 Å². The van der Waals surface area contributed by atoms with Crippen molar-refractivity contribution in [3.63, 3.8) is 0 Å². The number of hydrogen-bond acceptors (Lipinski definition) is 5. The van der Waals surface area contributed by atoms with E-state index in [9.17, 15) is 9.59 Å². The maximum atomic E-state index is 12.5. The molecule has 1 heterocycles. The van der Waals surface area contributed by atoms with Gasteiger partial charge in [-0.2, -0.15) is 0 Å². The fourth-order valence-electron chi connectivity index (χ4n) is 2.72. The molecule has 1 aromatic rings. The number of nitrogens with one attached hydrogen (secondary N) is 1. The molecule has 0 aliphatic carbocycles. The molecule has 3 N–H and O–H groups in total. The first-order valence-corrected chi connectivity index (χ1v) is 9.32. The first-order chi connectivity index (χ1) is 12.1. The average molecular weight is 428 g/mol. The molecule has 2 amide bonds. The topological polar surface area (TPSA) is 93.9 Å². The number of amides is 2. The quantitative estimate of drug-likeness (QED) is 0.722. The molecule has 0 saturated carbocycles. The third kappa shape index (κ3) is 5.27. The minimum atomic E-state index is -0.514. The number of piperidine rings is 1. The molecule has 8 heteroatoms. The Kier molecular flexibility index (Phi) is 6.39. The summed E-state index contributed by atoms with van der Waals surface area (Å²) in [4.78, 5) is 26.3. The lowest BCUT2D eigenvalue weighted by Crippen LogP contribution is -2.47. The van der Waals surface area contributed by atoms with Crippen molar-refractivity contribution in [3.05, 3.63) is 22.2 Å². The Bertz CT molecular complexity index is 680. The molecule has 1 aromatic carbocycles. The number of rotatable bonds is 3. The number of hydrogen-bond donors (Lipinski definition) is 2. The molecule has 2 rings (SSSR count). The van der Waals surface area contributed by atoms with Crippen LogP contribution in [0.2, 0.25) is 0 Å². The van der Waals surface area contributed by atoms with Crippen LogP contribution in [0.5, 0.6) is 5.75 Å². The molecule has 0 atom stereocenters. The third-order valence-corrected chi connectivity index (χ3v) is 4.67. The minimum absolute atomic E-state index is 0.0183. The van der Waals surface area contributed by atoms with Crippen LogP contribution < -0.4 is 15.8 Å². The maximum Gasteiger partial charge on any atom is 0.410 e. The van der Waals surface area contributed by atoms with Gasteiger partial charge in [-0.05, 0) is 61.7 Å². The van der Waals surface area contributed by atoms with Gasteiger partial charge in [-0.1, -0.05) is 0 Å². The van der Waals surface area contributed by atoms with E-state index in [4.69, 9.17) is 15.2 Å². The van der Waals surface area contributed by atoms with Crippen molar-refractivity contribution < 1.29 is 19.1 Å². The molecule has 0 bridgehead atoms. The van der Waals surface area contributed by atoms with E-state index < -0.39 is 5.60 Å². The molecular weight excluding hydrogens is 402 g/mol. The molecule has 26 heavy (non-hydrogen) atoms. The monoisotopic (exact) mass is 427 g/mol. The Morgan fingerprint density at radius 1 is 1.27 bits per heavy atom. The van der Waals surface area contributed by atoms with E-state index in [2.05, 4.69) is 21.2 Å². The smallest absolute Gasteiger partial charge is 0.410 e. The zero-order valence-electron chi connectivity index (χ0n) is 15.6. The summed E-state index contributed by atoms with van der Waals surface area (Å²) in [5.74, 6) is 0.299. The Morgan fingerprint density at radius 3 is 2.42 bits per heavy atom. The molecule has 0 unspecified atom stereocenters. The van der Waals surface area contributed by atoms with Crippen LogP contribution in [-0.4, -0.2) is 48.7 Å². The van der Waals surface area contributed by atoms with Crippen LogP contribution in [-0.2, 0) is 4.74 Å². The van der Waals surface area contributed by atoms with Gasteiger partial charge < -0.3 is 25.4 Å². The number of nitrogens with zero attached hydrogens (tertiary/aromatic N) is 1. The summed E-state index contributed by atoms with van der Waals surface area (Å²) in [6.45, 7) is 6.61. The molecule has 0 aromatic heterocycles. The number of nitrogens with two attached hydrogens (primary N) is 1. The van der Waals surface area contributed by atoms with Gasteiger partial charge in [-0.3, -0.25) is 4.79 Å². The molecule has 0 radical (unpaired) electrons. The number of carbonyl (C=O) groups is 2. The number of methoxy groups -OCH3 is 1. The van der Waals surface area contributed by atoms with Gasteiger partial charge >= 0.3 is 6.09 Å². The van der Waals surface area contributed by atoms with Gasteiger partial charge in [0.25, 0.3) is 5.91 Å². The number of carbonyl (C=O) groups excluding carboxylic acids is 2. The van der Waals surface area contributed by atoms with E-state index in [-0.39, 0.29) is 18.0 Å². The van der Waals surface area contributed by atoms with Gasteiger partial charge in [-0.15, -0.1) is 0 Å². The number of nitrogen functional groups attached to an aromatic ring is 1. The van der Waals surface area contributed by atoms with Crippen molar-refractivity contribution >= 4 is 33.6 Å². The van der Waals surface area contributed by atoms with Gasteiger partial charge in [-0.25, -0.2) is 4.79 Å². The molecule has 7 nitrogen and oxygen atoms in total. The Labute approximate surface area is 162 Å². The lowest BCUT2D eigenvalue weighted by molar-refractivity contribution is 0.0199. The zero-order chi connectivity index (χ0) is 19.5. The highest BCUT2D eigenvalue weighted by molar-refractivity contribution is 9.10. The normalized spacial score (nSPS) is 15.5. The van der Waals surface area contributed by atoms with E-state index in [1.54, 1.807) is 17.0 Å². The summed E-state index contributed by atoms with van der Waals surface area (Å²) in [5.41, 5.74) is 6.19. The van der Waals surface area contributed by atoms with Crippen molar-refractivity contribution in [1.29, 1.82) is 0 Å². The molecule has 144 valence electrons. The molecule has 1 fully saturated rings. The molecule has 1 saturated heterocycles. The van der Waals surface area contributed by atoms with E-state index in [1.165, 1.54) is 7.11 Å². The molecule has 1 aliphatic heterocycles. The second-order valence-corrected chi connectivity index (χ2v) is 8.14. The highest BCUT2D eigenvalue weighted by atomic mass is 79.9. The predicted octanol–water partition coefficient (Wildman–Crippen LogP) is 3.17. The predicted molar refractivity (Wildman–Crippen MR) is 103 cm³/mol. The minimum Gasteiger partial charge on any atom is -0.496 e. The maximum absolute atomic E-state index is 12.5. The molecular formula is C18H26BrN3O4. The Morgan fingerprint density at radius 2 is 1.88 bits per heavy atom. The number of anilines is 1. The lowest BCUT2D eigenvalue weighted by atomic mass is 10.0. The van der Waals surface area contributed by atoms with Crippen LogP contribution >= 0.6 is 15.9 Å². The summed E-state index contributed by atoms with van der Waals surface area (Å²) in [5, 5.41) is 2.99. The van der Waals surface area contributed by atoms with Crippen molar-refractivity contribution in [3.8, 4) is 5.75 Å². The molecule has 0 spiro atoms. The summed E-state index contributed by atoms with van der Waals surface area (Å²) < 4.78 is 11.3.